The van der Waals surface area contributed by atoms with Gasteiger partial charge in [0.05, 0.1) is 19.1 Å². The average molecular weight is 299 g/mol. The molecule has 0 rings (SSSR count). The molecule has 0 spiro atoms. The van der Waals surface area contributed by atoms with Crippen molar-refractivity contribution in [2.75, 3.05) is 26.8 Å². The van der Waals surface area contributed by atoms with Gasteiger partial charge in [0.1, 0.15) is 0 Å². The summed E-state index contributed by atoms with van der Waals surface area (Å²) in [7, 11) is 1.36. The van der Waals surface area contributed by atoms with Crippen molar-refractivity contribution in [1.29, 1.82) is 0 Å². The van der Waals surface area contributed by atoms with Crippen LogP contribution in [0.2, 0.25) is 0 Å². The molecule has 0 aliphatic heterocycles. The number of carbonyl (C=O) groups is 2. The molecule has 1 atom stereocenters. The van der Waals surface area contributed by atoms with E-state index in [1.165, 1.54) is 7.11 Å². The molecule has 1 amide bonds. The molecule has 0 aliphatic carbocycles. The highest BCUT2D eigenvalue weighted by atomic mass is 16.5. The van der Waals surface area contributed by atoms with Crippen molar-refractivity contribution in [2.45, 2.75) is 47.1 Å². The summed E-state index contributed by atoms with van der Waals surface area (Å²) >= 11 is 0. The van der Waals surface area contributed by atoms with E-state index in [9.17, 15) is 9.59 Å². The molecule has 122 valence electrons. The maximum Gasteiger partial charge on any atom is 0.310 e. The second-order valence-corrected chi connectivity index (χ2v) is 5.70. The number of rotatable bonds is 9. The first kappa shape index (κ1) is 19.6. The fourth-order valence-electron chi connectivity index (χ4n) is 1.81. The van der Waals surface area contributed by atoms with Crippen molar-refractivity contribution >= 4 is 11.9 Å². The largest absolute Gasteiger partial charge is 0.469 e. The maximum absolute atomic E-state index is 12.2. The van der Waals surface area contributed by atoms with E-state index in [2.05, 4.69) is 0 Å². The Labute approximate surface area is 128 Å². The lowest BCUT2D eigenvalue weighted by molar-refractivity contribution is -0.146. The third-order valence-electron chi connectivity index (χ3n) is 2.85. The Balaban J connectivity index is 4.58. The predicted molar refractivity (Wildman–Crippen MR) is 82.9 cm³/mol. The van der Waals surface area contributed by atoms with Crippen molar-refractivity contribution in [3.63, 3.8) is 0 Å². The van der Waals surface area contributed by atoms with Gasteiger partial charge in [0.25, 0.3) is 0 Å². The molecule has 0 N–H and O–H groups in total. The SMILES string of the molecule is COC(=O)C(C)CN(CCCOC(C)C)C(=O)C=C(C)C. The first-order chi connectivity index (χ1) is 9.77. The Morgan fingerprint density at radius 2 is 1.81 bits per heavy atom. The molecular weight excluding hydrogens is 270 g/mol. The number of carbonyl (C=O) groups excluding carboxylic acids is 2. The van der Waals surface area contributed by atoms with Gasteiger partial charge < -0.3 is 14.4 Å². The molecule has 5 heteroatoms. The molecule has 0 radical (unpaired) electrons. The zero-order chi connectivity index (χ0) is 16.4. The minimum Gasteiger partial charge on any atom is -0.469 e. The van der Waals surface area contributed by atoms with Crippen molar-refractivity contribution in [1.82, 2.24) is 4.90 Å². The van der Waals surface area contributed by atoms with Gasteiger partial charge in [-0.2, -0.15) is 0 Å². The molecule has 0 aromatic rings. The Kier molecular flexibility index (Phi) is 9.71. The summed E-state index contributed by atoms with van der Waals surface area (Å²) in [6, 6.07) is 0. The number of allylic oxidation sites excluding steroid dienone is 1. The van der Waals surface area contributed by atoms with Crippen LogP contribution in [0.4, 0.5) is 0 Å². The summed E-state index contributed by atoms with van der Waals surface area (Å²) in [6.07, 6.45) is 2.52. The van der Waals surface area contributed by atoms with Crippen LogP contribution in [0.25, 0.3) is 0 Å². The van der Waals surface area contributed by atoms with Crippen LogP contribution in [0.1, 0.15) is 41.0 Å². The van der Waals surface area contributed by atoms with Gasteiger partial charge in [0.2, 0.25) is 5.91 Å². The van der Waals surface area contributed by atoms with E-state index in [0.717, 1.165) is 12.0 Å². The average Bonchev–Trinajstić information content (AvgIpc) is 2.39. The maximum atomic E-state index is 12.2. The highest BCUT2D eigenvalue weighted by Crippen LogP contribution is 2.06. The zero-order valence-corrected chi connectivity index (χ0v) is 14.1. The normalized spacial score (nSPS) is 12.0. The van der Waals surface area contributed by atoms with Gasteiger partial charge in [-0.05, 0) is 34.1 Å². The lowest BCUT2D eigenvalue weighted by Gasteiger charge is -2.24. The molecule has 21 heavy (non-hydrogen) atoms. The fourth-order valence-corrected chi connectivity index (χ4v) is 1.81. The van der Waals surface area contributed by atoms with E-state index in [1.807, 2.05) is 27.7 Å². The molecule has 0 aromatic heterocycles. The predicted octanol–water partition coefficient (Wildman–Crippen LogP) is 2.41. The van der Waals surface area contributed by atoms with Crippen molar-refractivity contribution in [2.24, 2.45) is 5.92 Å². The first-order valence-corrected chi connectivity index (χ1v) is 7.41. The van der Waals surface area contributed by atoms with Gasteiger partial charge >= 0.3 is 5.97 Å². The lowest BCUT2D eigenvalue weighted by atomic mass is 10.1. The second-order valence-electron chi connectivity index (χ2n) is 5.70. The second kappa shape index (κ2) is 10.4. The van der Waals surface area contributed by atoms with Crippen LogP contribution >= 0.6 is 0 Å². The standard InChI is InChI=1S/C16H29NO4/c1-12(2)10-15(18)17(8-7-9-21-13(3)4)11-14(5)16(19)20-6/h10,13-14H,7-9,11H2,1-6H3. The molecular formula is C16H29NO4. The Bertz CT molecular complexity index is 359. The third-order valence-corrected chi connectivity index (χ3v) is 2.85. The number of amides is 1. The number of nitrogens with zero attached hydrogens (tertiary/aromatic N) is 1. The smallest absolute Gasteiger partial charge is 0.310 e. The van der Waals surface area contributed by atoms with E-state index in [0.29, 0.717) is 19.7 Å². The van der Waals surface area contributed by atoms with Crippen LogP contribution in [-0.4, -0.2) is 49.7 Å². The lowest BCUT2D eigenvalue weighted by Crippen LogP contribution is -2.37. The van der Waals surface area contributed by atoms with Crippen molar-refractivity contribution in [3.8, 4) is 0 Å². The van der Waals surface area contributed by atoms with Crippen LogP contribution in [-0.2, 0) is 19.1 Å². The van der Waals surface area contributed by atoms with E-state index < -0.39 is 0 Å². The number of methoxy groups -OCH3 is 1. The van der Waals surface area contributed by atoms with E-state index >= 15 is 0 Å². The summed E-state index contributed by atoms with van der Waals surface area (Å²) in [5.74, 6) is -0.714. The molecule has 0 heterocycles. The molecule has 5 nitrogen and oxygen atoms in total. The van der Waals surface area contributed by atoms with Crippen molar-refractivity contribution in [3.05, 3.63) is 11.6 Å². The third kappa shape index (κ3) is 9.24. The quantitative estimate of drug-likeness (QED) is 0.373. The van der Waals surface area contributed by atoms with E-state index in [4.69, 9.17) is 9.47 Å². The van der Waals surface area contributed by atoms with Crippen LogP contribution in [0.3, 0.4) is 0 Å². The number of hydrogen-bond donors (Lipinski definition) is 0. The monoisotopic (exact) mass is 299 g/mol. The molecule has 0 saturated heterocycles. The number of hydrogen-bond acceptors (Lipinski definition) is 4. The van der Waals surface area contributed by atoms with Gasteiger partial charge in [-0.3, -0.25) is 9.59 Å². The Morgan fingerprint density at radius 3 is 2.29 bits per heavy atom. The van der Waals surface area contributed by atoms with Crippen LogP contribution in [0.5, 0.6) is 0 Å². The fraction of sp³-hybridized carbons (Fsp3) is 0.750. The summed E-state index contributed by atoms with van der Waals surface area (Å²) in [5.41, 5.74) is 0.939. The summed E-state index contributed by atoms with van der Waals surface area (Å²) in [4.78, 5) is 25.4. The Hall–Kier alpha value is -1.36. The topological polar surface area (TPSA) is 55.8 Å². The zero-order valence-electron chi connectivity index (χ0n) is 14.1. The Morgan fingerprint density at radius 1 is 1.19 bits per heavy atom. The van der Waals surface area contributed by atoms with E-state index in [-0.39, 0.29) is 23.9 Å². The highest BCUT2D eigenvalue weighted by Gasteiger charge is 2.20. The molecule has 0 saturated carbocycles. The van der Waals surface area contributed by atoms with Crippen LogP contribution in [0.15, 0.2) is 11.6 Å². The van der Waals surface area contributed by atoms with Gasteiger partial charge in [-0.15, -0.1) is 0 Å². The number of ether oxygens (including phenoxy) is 2. The summed E-state index contributed by atoms with van der Waals surface area (Å²) < 4.78 is 10.2. The number of esters is 1. The minimum absolute atomic E-state index is 0.0738. The first-order valence-electron chi connectivity index (χ1n) is 7.41. The highest BCUT2D eigenvalue weighted by molar-refractivity contribution is 5.88. The molecule has 1 unspecified atom stereocenters. The van der Waals surface area contributed by atoms with Gasteiger partial charge in [-0.25, -0.2) is 0 Å². The van der Waals surface area contributed by atoms with Crippen LogP contribution in [0, 0.1) is 5.92 Å². The summed E-state index contributed by atoms with van der Waals surface area (Å²) in [6.45, 7) is 11.0. The molecule has 0 bridgehead atoms. The molecule has 0 fully saturated rings. The molecule has 0 aliphatic rings. The summed E-state index contributed by atoms with van der Waals surface area (Å²) in [5, 5.41) is 0. The van der Waals surface area contributed by atoms with Crippen molar-refractivity contribution < 1.29 is 19.1 Å². The minimum atomic E-state index is -0.337. The van der Waals surface area contributed by atoms with Gasteiger partial charge in [0, 0.05) is 25.8 Å². The van der Waals surface area contributed by atoms with E-state index in [1.54, 1.807) is 17.9 Å². The van der Waals surface area contributed by atoms with Crippen LogP contribution < -0.4 is 0 Å². The van der Waals surface area contributed by atoms with Gasteiger partial charge in [-0.1, -0.05) is 12.5 Å². The van der Waals surface area contributed by atoms with Gasteiger partial charge in [0.15, 0.2) is 0 Å². The molecule has 0 aromatic carbocycles.